The Labute approximate surface area is 240 Å². The van der Waals surface area contributed by atoms with Crippen LogP contribution < -0.4 is 22.6 Å². The summed E-state index contributed by atoms with van der Waals surface area (Å²) in [7, 11) is -4.47. The van der Waals surface area contributed by atoms with Crippen molar-refractivity contribution in [3.63, 3.8) is 0 Å². The molecule has 0 bridgehead atoms. The number of ether oxygens (including phenoxy) is 3. The highest BCUT2D eigenvalue weighted by atomic mass is 32.2. The van der Waals surface area contributed by atoms with Crippen LogP contribution in [0.2, 0.25) is 0 Å². The second-order valence-corrected chi connectivity index (χ2v) is 12.4. The Balaban J connectivity index is 1.72. The van der Waals surface area contributed by atoms with Gasteiger partial charge in [0, 0.05) is 11.1 Å². The second-order valence-electron chi connectivity index (χ2n) is 9.29. The summed E-state index contributed by atoms with van der Waals surface area (Å²) in [5.74, 6) is 1.46. The third kappa shape index (κ3) is 7.92. The molecule has 41 heavy (non-hydrogen) atoms. The van der Waals surface area contributed by atoms with Gasteiger partial charge in [0.1, 0.15) is 23.9 Å². The minimum Gasteiger partial charge on any atom is -0.496 e. The summed E-state index contributed by atoms with van der Waals surface area (Å²) in [6.45, 7) is 2.21. The smallest absolute Gasteiger partial charge is 0.306 e. The highest BCUT2D eigenvalue weighted by molar-refractivity contribution is 7.86. The molecule has 4 rings (SSSR count). The first-order chi connectivity index (χ1) is 19.3. The zero-order valence-corrected chi connectivity index (χ0v) is 24.8. The van der Waals surface area contributed by atoms with Gasteiger partial charge in [0.25, 0.3) is 0 Å². The van der Waals surface area contributed by atoms with E-state index in [-0.39, 0.29) is 23.9 Å². The van der Waals surface area contributed by atoms with Crippen molar-refractivity contribution in [1.29, 1.82) is 0 Å². The van der Waals surface area contributed by atoms with Gasteiger partial charge in [-0.2, -0.15) is 16.8 Å². The van der Waals surface area contributed by atoms with Crippen LogP contribution in [0.4, 0.5) is 0 Å². The average Bonchev–Trinajstić information content (AvgIpc) is 2.91. The van der Waals surface area contributed by atoms with E-state index in [0.717, 1.165) is 29.2 Å². The monoisotopic (exact) mass is 598 g/mol. The maximum absolute atomic E-state index is 12.1. The first-order valence-corrected chi connectivity index (χ1v) is 16.0. The van der Waals surface area contributed by atoms with E-state index in [0.29, 0.717) is 28.2 Å². The Hall–Kier alpha value is -4.22. The van der Waals surface area contributed by atoms with E-state index in [4.69, 9.17) is 22.6 Å². The van der Waals surface area contributed by atoms with E-state index in [2.05, 4.69) is 0 Å². The lowest BCUT2D eigenvalue weighted by molar-refractivity contribution is 0.296. The summed E-state index contributed by atoms with van der Waals surface area (Å²) in [6, 6.07) is 22.8. The lowest BCUT2D eigenvalue weighted by atomic mass is 9.97. The van der Waals surface area contributed by atoms with Crippen molar-refractivity contribution in [3.05, 3.63) is 90.0 Å². The molecule has 9 nitrogen and oxygen atoms in total. The molecule has 0 aliphatic carbocycles. The molecule has 0 saturated heterocycles. The van der Waals surface area contributed by atoms with E-state index < -0.39 is 20.2 Å². The summed E-state index contributed by atoms with van der Waals surface area (Å²) in [5.41, 5.74) is 4.67. The van der Waals surface area contributed by atoms with Crippen molar-refractivity contribution in [2.24, 2.45) is 0 Å². The Morgan fingerprint density at radius 2 is 1.12 bits per heavy atom. The minimum absolute atomic E-state index is 0.0312. The van der Waals surface area contributed by atoms with E-state index in [9.17, 15) is 16.8 Å². The van der Waals surface area contributed by atoms with Crippen LogP contribution in [0.5, 0.6) is 28.7 Å². The van der Waals surface area contributed by atoms with Crippen molar-refractivity contribution >= 4 is 20.2 Å². The molecule has 0 fully saturated rings. The molecular formula is C30H30O9S2. The number of rotatable bonds is 11. The molecule has 4 aromatic carbocycles. The molecule has 0 spiro atoms. The highest BCUT2D eigenvalue weighted by Gasteiger charge is 2.19. The SMILES string of the molecule is COc1cc(-c2ccc(OCc3ccc(C)cc3)c(OS(C)(=O)=O)c2)c(OC)cc1-c1ccc(OS(C)(=O)=O)cc1. The third-order valence-corrected chi connectivity index (χ3v) is 6.92. The van der Waals surface area contributed by atoms with Gasteiger partial charge in [-0.1, -0.05) is 48.0 Å². The Bertz CT molecular complexity index is 1750. The number of aryl methyl sites for hydroxylation is 1. The van der Waals surface area contributed by atoms with Gasteiger partial charge in [0.2, 0.25) is 0 Å². The number of hydrogen-bond acceptors (Lipinski definition) is 9. The summed E-state index contributed by atoms with van der Waals surface area (Å²) < 4.78 is 74.5. The Kier molecular flexibility index (Phi) is 8.79. The number of benzene rings is 4. The molecule has 0 saturated carbocycles. The molecule has 0 unspecified atom stereocenters. The van der Waals surface area contributed by atoms with Gasteiger partial charge in [-0.3, -0.25) is 0 Å². The van der Waals surface area contributed by atoms with Crippen molar-refractivity contribution in [1.82, 2.24) is 0 Å². The molecule has 0 aliphatic heterocycles. The van der Waals surface area contributed by atoms with Crippen molar-refractivity contribution in [2.75, 3.05) is 26.7 Å². The van der Waals surface area contributed by atoms with Gasteiger partial charge >= 0.3 is 20.2 Å². The molecule has 216 valence electrons. The summed E-state index contributed by atoms with van der Waals surface area (Å²) in [6.07, 6.45) is 1.94. The molecule has 11 heteroatoms. The molecule has 0 aromatic heterocycles. The largest absolute Gasteiger partial charge is 0.496 e. The van der Waals surface area contributed by atoms with Gasteiger partial charge < -0.3 is 22.6 Å². The fourth-order valence-corrected chi connectivity index (χ4v) is 5.00. The average molecular weight is 599 g/mol. The van der Waals surface area contributed by atoms with Crippen LogP contribution in [0.25, 0.3) is 22.3 Å². The maximum Gasteiger partial charge on any atom is 0.306 e. The molecule has 0 heterocycles. The van der Waals surface area contributed by atoms with E-state index in [1.54, 1.807) is 54.6 Å². The fraction of sp³-hybridized carbons (Fsp3) is 0.200. The van der Waals surface area contributed by atoms with E-state index in [1.807, 2.05) is 31.2 Å². The Morgan fingerprint density at radius 1 is 0.585 bits per heavy atom. The summed E-state index contributed by atoms with van der Waals surface area (Å²) in [5, 5.41) is 0. The highest BCUT2D eigenvalue weighted by Crippen LogP contribution is 2.43. The van der Waals surface area contributed by atoms with Crippen molar-refractivity contribution in [2.45, 2.75) is 13.5 Å². The quantitative estimate of drug-likeness (QED) is 0.204. The van der Waals surface area contributed by atoms with Gasteiger partial charge in [0.15, 0.2) is 11.5 Å². The predicted molar refractivity (Wildman–Crippen MR) is 157 cm³/mol. The van der Waals surface area contributed by atoms with Crippen LogP contribution in [0.3, 0.4) is 0 Å². The van der Waals surface area contributed by atoms with Gasteiger partial charge in [0.05, 0.1) is 26.7 Å². The molecule has 0 atom stereocenters. The summed E-state index contributed by atoms with van der Waals surface area (Å²) >= 11 is 0. The topological polar surface area (TPSA) is 114 Å². The van der Waals surface area contributed by atoms with Gasteiger partial charge in [-0.15, -0.1) is 0 Å². The standard InChI is InChI=1S/C30H30O9S2/c1-20-6-8-21(9-7-20)19-37-27-15-12-23(16-30(27)39-41(5,33)34)26-18-28(35-2)25(17-29(26)36-3)22-10-13-24(14-11-22)38-40(4,31)32/h6-18H,19H2,1-5H3. The molecule has 0 radical (unpaired) electrons. The Morgan fingerprint density at radius 3 is 1.66 bits per heavy atom. The lowest BCUT2D eigenvalue weighted by Gasteiger charge is -2.17. The first kappa shape index (κ1) is 29.8. The van der Waals surface area contributed by atoms with Crippen LogP contribution in [0, 0.1) is 6.92 Å². The third-order valence-electron chi connectivity index (χ3n) is 5.95. The predicted octanol–water partition coefficient (Wildman–Crippen LogP) is 5.60. The lowest BCUT2D eigenvalue weighted by Crippen LogP contribution is -2.08. The van der Waals surface area contributed by atoms with Crippen LogP contribution in [0.15, 0.2) is 78.9 Å². The van der Waals surface area contributed by atoms with Crippen molar-refractivity contribution in [3.8, 4) is 51.0 Å². The van der Waals surface area contributed by atoms with Gasteiger partial charge in [-0.25, -0.2) is 0 Å². The molecule has 0 N–H and O–H groups in total. The van der Waals surface area contributed by atoms with Crippen LogP contribution in [0.1, 0.15) is 11.1 Å². The van der Waals surface area contributed by atoms with Crippen LogP contribution in [-0.4, -0.2) is 43.6 Å². The van der Waals surface area contributed by atoms with Crippen molar-refractivity contribution < 1.29 is 39.4 Å². The zero-order valence-electron chi connectivity index (χ0n) is 23.2. The number of methoxy groups -OCH3 is 2. The summed E-state index contributed by atoms with van der Waals surface area (Å²) in [4.78, 5) is 0. The maximum atomic E-state index is 12.1. The fourth-order valence-electron chi connectivity index (χ4n) is 4.08. The normalized spacial score (nSPS) is 11.5. The first-order valence-electron chi connectivity index (χ1n) is 12.3. The molecule has 0 aliphatic rings. The van der Waals surface area contributed by atoms with Gasteiger partial charge in [-0.05, 0) is 60.0 Å². The van der Waals surface area contributed by atoms with Crippen LogP contribution >= 0.6 is 0 Å². The zero-order chi connectivity index (χ0) is 29.8. The minimum atomic E-state index is -3.86. The van der Waals surface area contributed by atoms with E-state index >= 15 is 0 Å². The number of hydrogen-bond donors (Lipinski definition) is 0. The van der Waals surface area contributed by atoms with E-state index in [1.165, 1.54) is 14.2 Å². The second kappa shape index (κ2) is 12.1. The van der Waals surface area contributed by atoms with Crippen LogP contribution in [-0.2, 0) is 26.8 Å². The molecule has 4 aromatic rings. The molecule has 0 amide bonds. The molecular weight excluding hydrogens is 568 g/mol.